The standard InChI is InChI=1S/C43H54O2.H3P/c1-2-3-4-5-6-7-8-9-10-11-12-13-14-15-25-32-41(44)45-35-39-33-34-40(36-26-19-16-20-27-36)43(38-30-23-18-24-31-38)42(39)37-28-21-17-22-29-37;/h16-24,26-31,33-34H,2-15,25,32,35H2,1H3;1H3. The highest BCUT2D eigenvalue weighted by atomic mass is 31.0. The molecule has 0 aliphatic rings. The fourth-order valence-corrected chi connectivity index (χ4v) is 6.33. The summed E-state index contributed by atoms with van der Waals surface area (Å²) in [6.45, 7) is 2.56. The number of unbranched alkanes of at least 4 members (excludes halogenated alkanes) is 14. The molecule has 0 heterocycles. The number of hydrogen-bond donors (Lipinski definition) is 0. The van der Waals surface area contributed by atoms with Crippen molar-refractivity contribution < 1.29 is 9.53 Å². The van der Waals surface area contributed by atoms with Crippen molar-refractivity contribution in [1.82, 2.24) is 0 Å². The van der Waals surface area contributed by atoms with E-state index >= 15 is 0 Å². The summed E-state index contributed by atoms with van der Waals surface area (Å²) in [6, 6.07) is 35.9. The summed E-state index contributed by atoms with van der Waals surface area (Å²) in [5.41, 5.74) is 7.96. The Balaban J connectivity index is 0.00000576. The van der Waals surface area contributed by atoms with Gasteiger partial charge in [0.15, 0.2) is 0 Å². The van der Waals surface area contributed by atoms with E-state index in [1.165, 1.54) is 100 Å². The van der Waals surface area contributed by atoms with Gasteiger partial charge in [-0.05, 0) is 45.4 Å². The van der Waals surface area contributed by atoms with Crippen LogP contribution in [0.5, 0.6) is 0 Å². The molecule has 0 radical (unpaired) electrons. The topological polar surface area (TPSA) is 26.3 Å². The maximum Gasteiger partial charge on any atom is 0.306 e. The highest BCUT2D eigenvalue weighted by Gasteiger charge is 2.19. The van der Waals surface area contributed by atoms with E-state index in [9.17, 15) is 4.79 Å². The second kappa shape index (κ2) is 22.3. The van der Waals surface area contributed by atoms with Gasteiger partial charge in [0.05, 0.1) is 0 Å². The Morgan fingerprint density at radius 1 is 0.478 bits per heavy atom. The summed E-state index contributed by atoms with van der Waals surface area (Å²) in [6.07, 6.45) is 20.3. The lowest BCUT2D eigenvalue weighted by Gasteiger charge is -2.20. The molecular formula is C43H57O2P. The van der Waals surface area contributed by atoms with Crippen LogP contribution in [0.25, 0.3) is 33.4 Å². The molecule has 0 fully saturated rings. The monoisotopic (exact) mass is 636 g/mol. The summed E-state index contributed by atoms with van der Waals surface area (Å²) in [7, 11) is 0. The first kappa shape index (κ1) is 37.2. The molecule has 0 saturated heterocycles. The second-order valence-electron chi connectivity index (χ2n) is 12.5. The SMILES string of the molecule is CCCCCCCCCCCCCCCCCC(=O)OCc1ccc(-c2ccccc2)c(-c2ccccc2)c1-c1ccccc1.P. The Bertz CT molecular complexity index is 1370. The van der Waals surface area contributed by atoms with Gasteiger partial charge in [-0.25, -0.2) is 0 Å². The lowest BCUT2D eigenvalue weighted by molar-refractivity contribution is -0.145. The number of benzene rings is 4. The average Bonchev–Trinajstić information content (AvgIpc) is 3.09. The molecule has 3 heteroatoms. The highest BCUT2D eigenvalue weighted by Crippen LogP contribution is 2.42. The zero-order valence-corrected chi connectivity index (χ0v) is 29.8. The maximum atomic E-state index is 12.8. The fourth-order valence-electron chi connectivity index (χ4n) is 6.33. The molecule has 0 spiro atoms. The van der Waals surface area contributed by atoms with E-state index < -0.39 is 0 Å². The number of ether oxygens (including phenoxy) is 1. The molecule has 0 aromatic heterocycles. The fraction of sp³-hybridized carbons (Fsp3) is 0.419. The smallest absolute Gasteiger partial charge is 0.306 e. The molecule has 0 aliphatic carbocycles. The van der Waals surface area contributed by atoms with E-state index in [0.29, 0.717) is 6.42 Å². The van der Waals surface area contributed by atoms with Gasteiger partial charge in [-0.2, -0.15) is 9.90 Å². The molecule has 0 amide bonds. The van der Waals surface area contributed by atoms with Crippen LogP contribution >= 0.6 is 9.90 Å². The number of carbonyl (C=O) groups excluding carboxylic acids is 1. The third-order valence-corrected chi connectivity index (χ3v) is 8.87. The third-order valence-electron chi connectivity index (χ3n) is 8.87. The molecular weight excluding hydrogens is 579 g/mol. The molecule has 0 N–H and O–H groups in total. The normalized spacial score (nSPS) is 10.8. The quantitative estimate of drug-likeness (QED) is 0.0517. The van der Waals surface area contributed by atoms with Crippen molar-refractivity contribution in [1.29, 1.82) is 0 Å². The molecule has 0 aliphatic heterocycles. The van der Waals surface area contributed by atoms with Crippen molar-refractivity contribution in [3.05, 3.63) is 109 Å². The van der Waals surface area contributed by atoms with Gasteiger partial charge in [-0.1, -0.05) is 200 Å². The van der Waals surface area contributed by atoms with Crippen LogP contribution in [0.1, 0.15) is 115 Å². The Morgan fingerprint density at radius 3 is 1.37 bits per heavy atom. The van der Waals surface area contributed by atoms with E-state index in [1.54, 1.807) is 0 Å². The first-order valence-corrected chi connectivity index (χ1v) is 17.8. The first-order valence-electron chi connectivity index (χ1n) is 17.8. The summed E-state index contributed by atoms with van der Waals surface area (Å²) in [5.74, 6) is -0.0999. The van der Waals surface area contributed by atoms with Gasteiger partial charge in [0.2, 0.25) is 0 Å². The molecule has 1 atom stereocenters. The number of hydrogen-bond acceptors (Lipinski definition) is 2. The van der Waals surface area contributed by atoms with Crippen LogP contribution in [0.15, 0.2) is 103 Å². The van der Waals surface area contributed by atoms with Gasteiger partial charge in [0.1, 0.15) is 6.61 Å². The predicted octanol–water partition coefficient (Wildman–Crippen LogP) is 13.1. The largest absolute Gasteiger partial charge is 0.461 e. The number of rotatable bonds is 21. The number of carbonyl (C=O) groups is 1. The van der Waals surface area contributed by atoms with Crippen LogP contribution in [0, 0.1) is 0 Å². The summed E-state index contributed by atoms with van der Waals surface area (Å²) in [4.78, 5) is 12.8. The molecule has 1 unspecified atom stereocenters. The third kappa shape index (κ3) is 12.5. The minimum absolute atomic E-state index is 0. The van der Waals surface area contributed by atoms with Crippen LogP contribution in [0.4, 0.5) is 0 Å². The van der Waals surface area contributed by atoms with Crippen molar-refractivity contribution >= 4 is 15.9 Å². The molecule has 246 valence electrons. The van der Waals surface area contributed by atoms with E-state index in [4.69, 9.17) is 4.74 Å². The van der Waals surface area contributed by atoms with E-state index in [1.807, 2.05) is 6.07 Å². The molecule has 4 rings (SSSR count). The molecule has 4 aromatic carbocycles. The van der Waals surface area contributed by atoms with Crippen LogP contribution in [-0.4, -0.2) is 5.97 Å². The van der Waals surface area contributed by atoms with E-state index in [-0.39, 0.29) is 22.5 Å². The molecule has 46 heavy (non-hydrogen) atoms. The van der Waals surface area contributed by atoms with Crippen LogP contribution < -0.4 is 0 Å². The second-order valence-corrected chi connectivity index (χ2v) is 12.5. The van der Waals surface area contributed by atoms with Crippen molar-refractivity contribution in [3.63, 3.8) is 0 Å². The minimum Gasteiger partial charge on any atom is -0.461 e. The Hall–Kier alpha value is -3.22. The average molecular weight is 637 g/mol. The van der Waals surface area contributed by atoms with Crippen molar-refractivity contribution in [3.8, 4) is 33.4 Å². The maximum absolute atomic E-state index is 12.8. The molecule has 0 saturated carbocycles. The highest BCUT2D eigenvalue weighted by molar-refractivity contribution is 6.92. The lowest BCUT2D eigenvalue weighted by atomic mass is 9.85. The number of esters is 1. The Morgan fingerprint density at radius 2 is 0.891 bits per heavy atom. The Kier molecular flexibility index (Phi) is 18.1. The van der Waals surface area contributed by atoms with Crippen molar-refractivity contribution in [2.45, 2.75) is 116 Å². The van der Waals surface area contributed by atoms with Crippen LogP contribution in [0.2, 0.25) is 0 Å². The van der Waals surface area contributed by atoms with Gasteiger partial charge in [0.25, 0.3) is 0 Å². The Labute approximate surface area is 283 Å². The van der Waals surface area contributed by atoms with Gasteiger partial charge in [-0.15, -0.1) is 0 Å². The molecule has 2 nitrogen and oxygen atoms in total. The minimum atomic E-state index is -0.0999. The predicted molar refractivity (Wildman–Crippen MR) is 203 cm³/mol. The van der Waals surface area contributed by atoms with Crippen LogP contribution in [-0.2, 0) is 16.1 Å². The van der Waals surface area contributed by atoms with Gasteiger partial charge < -0.3 is 4.74 Å². The summed E-state index contributed by atoms with van der Waals surface area (Å²) in [5, 5.41) is 0. The van der Waals surface area contributed by atoms with E-state index in [2.05, 4.69) is 104 Å². The zero-order chi connectivity index (χ0) is 31.4. The first-order chi connectivity index (χ1) is 22.3. The summed E-state index contributed by atoms with van der Waals surface area (Å²) < 4.78 is 5.91. The zero-order valence-electron chi connectivity index (χ0n) is 28.4. The van der Waals surface area contributed by atoms with Crippen molar-refractivity contribution in [2.75, 3.05) is 0 Å². The summed E-state index contributed by atoms with van der Waals surface area (Å²) >= 11 is 0. The van der Waals surface area contributed by atoms with Gasteiger partial charge in [-0.3, -0.25) is 4.79 Å². The molecule has 0 bridgehead atoms. The van der Waals surface area contributed by atoms with Crippen LogP contribution in [0.3, 0.4) is 0 Å². The lowest BCUT2D eigenvalue weighted by Crippen LogP contribution is -2.06. The van der Waals surface area contributed by atoms with E-state index in [0.717, 1.165) is 35.1 Å². The van der Waals surface area contributed by atoms with Gasteiger partial charge >= 0.3 is 5.97 Å². The van der Waals surface area contributed by atoms with Gasteiger partial charge in [0, 0.05) is 6.42 Å². The van der Waals surface area contributed by atoms with Crippen molar-refractivity contribution in [2.24, 2.45) is 0 Å². The molecule has 4 aromatic rings.